The number of aromatic nitrogens is 2. The van der Waals surface area contributed by atoms with Gasteiger partial charge in [-0.1, -0.05) is 0 Å². The third-order valence-electron chi connectivity index (χ3n) is 3.02. The fourth-order valence-corrected chi connectivity index (χ4v) is 3.56. The van der Waals surface area contributed by atoms with Crippen LogP contribution in [0.2, 0.25) is 0 Å². The van der Waals surface area contributed by atoms with Crippen LogP contribution >= 0.6 is 0 Å². The Bertz CT molecular complexity index is 690. The summed E-state index contributed by atoms with van der Waals surface area (Å²) < 4.78 is 25.6. The number of carbonyl (C=O) groups is 1. The van der Waals surface area contributed by atoms with Crippen LogP contribution in [0.1, 0.15) is 12.8 Å². The number of sulfonamides is 1. The van der Waals surface area contributed by atoms with Gasteiger partial charge < -0.3 is 9.78 Å². The summed E-state index contributed by atoms with van der Waals surface area (Å²) in [6.45, 7) is 0.315. The van der Waals surface area contributed by atoms with E-state index in [0.29, 0.717) is 12.8 Å². The Hall–Kier alpha value is -1.74. The maximum atomic E-state index is 12.2. The Morgan fingerprint density at radius 2 is 2.11 bits per heavy atom. The van der Waals surface area contributed by atoms with Crippen LogP contribution in [0, 0.1) is 5.92 Å². The van der Waals surface area contributed by atoms with Gasteiger partial charge in [0.25, 0.3) is 5.56 Å². The Labute approximate surface area is 108 Å². The van der Waals surface area contributed by atoms with E-state index in [4.69, 9.17) is 0 Å². The lowest BCUT2D eigenvalue weighted by molar-refractivity contribution is -0.112. The summed E-state index contributed by atoms with van der Waals surface area (Å²) >= 11 is 0. The molecule has 1 aliphatic rings. The molecule has 0 saturated carbocycles. The number of hydrogen-bond donors (Lipinski definition) is 2. The lowest BCUT2D eigenvalue weighted by atomic mass is 10.0. The highest BCUT2D eigenvalue weighted by Crippen LogP contribution is 2.20. The fraction of sp³-hybridized carbons (Fsp3) is 0.500. The second kappa shape index (κ2) is 5.10. The van der Waals surface area contributed by atoms with E-state index in [9.17, 15) is 22.8 Å². The zero-order valence-electron chi connectivity index (χ0n) is 9.96. The molecule has 0 aliphatic carbocycles. The van der Waals surface area contributed by atoms with Gasteiger partial charge in [0.15, 0.2) is 4.90 Å². The van der Waals surface area contributed by atoms with Crippen molar-refractivity contribution in [2.45, 2.75) is 17.7 Å². The summed E-state index contributed by atoms with van der Waals surface area (Å²) in [7, 11) is -3.99. The second-order valence-corrected chi connectivity index (χ2v) is 6.24. The van der Waals surface area contributed by atoms with Gasteiger partial charge in [-0.2, -0.15) is 4.31 Å². The molecule has 1 aliphatic heterocycles. The molecule has 1 aromatic heterocycles. The van der Waals surface area contributed by atoms with E-state index in [0.717, 1.165) is 16.8 Å². The molecule has 1 unspecified atom stereocenters. The Balaban J connectivity index is 2.39. The number of nitrogens with zero attached hydrogens (tertiary/aromatic N) is 1. The molecule has 0 aromatic carbocycles. The highest BCUT2D eigenvalue weighted by atomic mass is 32.2. The van der Waals surface area contributed by atoms with E-state index in [1.54, 1.807) is 0 Å². The van der Waals surface area contributed by atoms with Crippen molar-refractivity contribution in [2.24, 2.45) is 5.92 Å². The van der Waals surface area contributed by atoms with Crippen LogP contribution in [0.3, 0.4) is 0 Å². The molecule has 9 heteroatoms. The number of hydrogen-bond acceptors (Lipinski definition) is 5. The molecular formula is C10H13N3O5S. The van der Waals surface area contributed by atoms with Crippen LogP contribution in [0.15, 0.2) is 20.7 Å². The molecule has 0 radical (unpaired) electrons. The molecule has 2 heterocycles. The highest BCUT2D eigenvalue weighted by molar-refractivity contribution is 7.89. The van der Waals surface area contributed by atoms with Gasteiger partial charge in [-0.15, -0.1) is 0 Å². The van der Waals surface area contributed by atoms with Gasteiger partial charge in [0.2, 0.25) is 10.0 Å². The first-order chi connectivity index (χ1) is 8.95. The van der Waals surface area contributed by atoms with Crippen LogP contribution in [0.5, 0.6) is 0 Å². The van der Waals surface area contributed by atoms with Gasteiger partial charge in [-0.25, -0.2) is 13.2 Å². The molecule has 0 spiro atoms. The maximum Gasteiger partial charge on any atom is 0.325 e. The van der Waals surface area contributed by atoms with E-state index in [1.165, 1.54) is 0 Å². The normalized spacial score (nSPS) is 21.2. The topological polar surface area (TPSA) is 120 Å². The largest absolute Gasteiger partial charge is 0.325 e. The zero-order valence-corrected chi connectivity index (χ0v) is 10.8. The smallest absolute Gasteiger partial charge is 0.313 e. The molecule has 1 fully saturated rings. The average molecular weight is 287 g/mol. The summed E-state index contributed by atoms with van der Waals surface area (Å²) in [5.74, 6) is -0.356. The third-order valence-corrected chi connectivity index (χ3v) is 4.89. The number of aromatic amines is 2. The quantitative estimate of drug-likeness (QED) is 0.667. The molecule has 0 bridgehead atoms. The summed E-state index contributed by atoms with van der Waals surface area (Å²) in [6.07, 6.45) is 2.79. The average Bonchev–Trinajstić information content (AvgIpc) is 2.38. The van der Waals surface area contributed by atoms with E-state index >= 15 is 0 Å². The van der Waals surface area contributed by atoms with Crippen molar-refractivity contribution in [3.63, 3.8) is 0 Å². The van der Waals surface area contributed by atoms with Gasteiger partial charge in [-0.05, 0) is 12.8 Å². The van der Waals surface area contributed by atoms with Crippen molar-refractivity contribution in [3.8, 4) is 0 Å². The number of H-pyrrole nitrogens is 2. The van der Waals surface area contributed by atoms with Crippen molar-refractivity contribution in [2.75, 3.05) is 13.1 Å². The standard InChI is InChI=1S/C10H13N3O5S/c14-6-7-2-1-3-13(5-7)19(17,18)8-4-11-10(16)12-9(8)15/h4,6-7H,1-3,5H2,(H2,11,12,15,16). The van der Waals surface area contributed by atoms with Crippen LogP contribution in [-0.2, 0) is 14.8 Å². The minimum absolute atomic E-state index is 0.0599. The molecule has 104 valence electrons. The van der Waals surface area contributed by atoms with Crippen molar-refractivity contribution < 1.29 is 13.2 Å². The molecule has 0 amide bonds. The van der Waals surface area contributed by atoms with E-state index in [1.807, 2.05) is 4.98 Å². The van der Waals surface area contributed by atoms with Crippen LogP contribution in [0.25, 0.3) is 0 Å². The summed E-state index contributed by atoms with van der Waals surface area (Å²) in [6, 6.07) is 0. The fourth-order valence-electron chi connectivity index (χ4n) is 2.03. The predicted octanol–water partition coefficient (Wildman–Crippen LogP) is -1.34. The van der Waals surface area contributed by atoms with E-state index in [2.05, 4.69) is 4.98 Å². The number of nitrogens with one attached hydrogen (secondary N) is 2. The lowest BCUT2D eigenvalue weighted by Crippen LogP contribution is -2.42. The number of aldehydes is 1. The first-order valence-electron chi connectivity index (χ1n) is 5.72. The van der Waals surface area contributed by atoms with Crippen LogP contribution < -0.4 is 11.2 Å². The Morgan fingerprint density at radius 1 is 1.37 bits per heavy atom. The van der Waals surface area contributed by atoms with E-state index in [-0.39, 0.29) is 19.0 Å². The molecule has 1 atom stereocenters. The van der Waals surface area contributed by atoms with Crippen molar-refractivity contribution >= 4 is 16.3 Å². The minimum atomic E-state index is -3.99. The summed E-state index contributed by atoms with van der Waals surface area (Å²) in [5.41, 5.74) is -1.73. The van der Waals surface area contributed by atoms with Crippen molar-refractivity contribution in [1.82, 2.24) is 14.3 Å². The van der Waals surface area contributed by atoms with Gasteiger partial charge in [-0.3, -0.25) is 9.78 Å². The van der Waals surface area contributed by atoms with Crippen molar-refractivity contribution in [3.05, 3.63) is 27.0 Å². The minimum Gasteiger partial charge on any atom is -0.313 e. The van der Waals surface area contributed by atoms with E-state index < -0.39 is 26.2 Å². The maximum absolute atomic E-state index is 12.2. The first kappa shape index (κ1) is 13.7. The van der Waals surface area contributed by atoms with Crippen LogP contribution in [0.4, 0.5) is 0 Å². The molecular weight excluding hydrogens is 274 g/mol. The third kappa shape index (κ3) is 2.66. The van der Waals surface area contributed by atoms with Gasteiger partial charge in [0.1, 0.15) is 6.29 Å². The van der Waals surface area contributed by atoms with Gasteiger partial charge in [0, 0.05) is 25.2 Å². The number of rotatable bonds is 3. The van der Waals surface area contributed by atoms with Crippen LogP contribution in [-0.4, -0.2) is 42.1 Å². The van der Waals surface area contributed by atoms with Gasteiger partial charge >= 0.3 is 5.69 Å². The molecule has 8 nitrogen and oxygen atoms in total. The molecule has 1 saturated heterocycles. The number of piperidine rings is 1. The molecule has 1 aromatic rings. The highest BCUT2D eigenvalue weighted by Gasteiger charge is 2.32. The Morgan fingerprint density at radius 3 is 2.74 bits per heavy atom. The SMILES string of the molecule is O=CC1CCCN(S(=O)(=O)c2c[nH]c(=O)[nH]c2=O)C1. The monoisotopic (exact) mass is 287 g/mol. The molecule has 2 rings (SSSR count). The lowest BCUT2D eigenvalue weighted by Gasteiger charge is -2.28. The van der Waals surface area contributed by atoms with Crippen molar-refractivity contribution in [1.29, 1.82) is 0 Å². The second-order valence-electron chi connectivity index (χ2n) is 4.34. The summed E-state index contributed by atoms with van der Waals surface area (Å²) in [5, 5.41) is 0. The number of carbonyl (C=O) groups excluding carboxylic acids is 1. The molecule has 2 N–H and O–H groups in total. The first-order valence-corrected chi connectivity index (χ1v) is 7.16. The zero-order chi connectivity index (χ0) is 14.0. The summed E-state index contributed by atoms with van der Waals surface area (Å²) in [4.78, 5) is 36.6. The predicted molar refractivity (Wildman–Crippen MR) is 65.2 cm³/mol. The Kier molecular flexibility index (Phi) is 3.67. The van der Waals surface area contributed by atoms with Gasteiger partial charge in [0.05, 0.1) is 0 Å². The molecule has 19 heavy (non-hydrogen) atoms.